The molecule has 0 unspecified atom stereocenters. The third-order valence-corrected chi connectivity index (χ3v) is 19.0. The number of H-pyrrole nitrogens is 1. The number of rotatable bonds is 39. The molecule has 45 nitrogen and oxygen atoms in total. The van der Waals surface area contributed by atoms with E-state index in [-0.39, 0.29) is 64.9 Å². The Kier molecular flexibility index (Phi) is 35.4. The van der Waals surface area contributed by atoms with Gasteiger partial charge in [0.25, 0.3) is 11.8 Å². The molecule has 6 rings (SSSR count). The highest BCUT2D eigenvalue weighted by molar-refractivity contribution is 7.95. The number of primary amides is 3. The van der Waals surface area contributed by atoms with Crippen LogP contribution in [0.15, 0.2) is 23.3 Å². The Balaban J connectivity index is 0.00000159. The van der Waals surface area contributed by atoms with Crippen LogP contribution in [-0.4, -0.2) is 308 Å². The number of anilines is 1. The number of carbonyl (C=O) groups excluding carboxylic acids is 9. The molecule has 20 atom stereocenters. The largest absolute Gasteiger partial charge is 0.480 e. The minimum Gasteiger partial charge on any atom is -0.480 e. The number of amides is 8. The minimum absolute atomic E-state index is 0.00498. The second-order valence-corrected chi connectivity index (χ2v) is 28.8. The smallest absolute Gasteiger partial charge is 0.413 e. The van der Waals surface area contributed by atoms with Crippen LogP contribution < -0.4 is 66.3 Å². The number of hydrogen-bond donors (Lipinski definition) is 22. The van der Waals surface area contributed by atoms with E-state index in [9.17, 15) is 84.0 Å². The average molecular weight is 1590 g/mol. The van der Waals surface area contributed by atoms with E-state index < -0.39 is 207 Å². The highest BCUT2D eigenvalue weighted by Crippen LogP contribution is 2.35. The van der Waals surface area contributed by atoms with E-state index in [0.29, 0.717) is 28.5 Å². The Bertz CT molecular complexity index is 3740. The molecular formula is C60H91N20O25S3+. The maximum atomic E-state index is 15.2. The number of carbonyl (C=O) groups is 10. The number of aliphatic hydroxyl groups is 8. The molecule has 2 aliphatic heterocycles. The number of imidazole rings is 1. The SMILES string of the molecule is Cc1c(N)nc([C@H](CC(N)=O)NC[C@H](N)C(N)=O)nc1C(=O)N[C@H](C(=O)N[C@H](C)[C@@H](O)[C@H](C)C(=O)N[C@H](C(=O)NCCc1nc(-c2nc(C(=O)NCCC[S+](C)C)cs2)cs1)[C@@H](C)O)[C@@H](O[C@@H]1O[C@@H](CO)[C@H](O)[C@@H](O)[C@@H]1O[C@@H]1O[C@@H](CO)[C@H](O)[C@@H](OC(N)=O)[C@@H]1O)c1cnc[nH]1.[N-]=[N+]=CC(=O)OC[C@H](N)C(=O)O. The topological polar surface area (TPSA) is 753 Å². The first-order valence-corrected chi connectivity index (χ1v) is 36.7. The number of aliphatic hydroxyl groups excluding tert-OH is 8. The van der Waals surface area contributed by atoms with Crippen molar-refractivity contribution in [2.75, 3.05) is 63.5 Å². The third-order valence-electron chi connectivity index (χ3n) is 16.2. The number of carboxylic acid groups (broad SMARTS) is 1. The lowest BCUT2D eigenvalue weighted by Gasteiger charge is -2.47. The molecule has 28 N–H and O–H groups in total. The van der Waals surface area contributed by atoms with E-state index in [1.807, 2.05) is 0 Å². The quantitative estimate of drug-likeness (QED) is 0.00493. The van der Waals surface area contributed by atoms with Crippen LogP contribution in [0.2, 0.25) is 0 Å². The second kappa shape index (κ2) is 42.7. The van der Waals surface area contributed by atoms with Gasteiger partial charge in [0.1, 0.15) is 113 Å². The van der Waals surface area contributed by atoms with Crippen LogP contribution in [0.4, 0.5) is 10.6 Å². The van der Waals surface area contributed by atoms with Gasteiger partial charge in [0.05, 0.1) is 85.2 Å². The minimum atomic E-state index is -2.20. The van der Waals surface area contributed by atoms with Crippen molar-refractivity contribution < 1.29 is 127 Å². The summed E-state index contributed by atoms with van der Waals surface area (Å²) < 4.78 is 33.0. The molecule has 108 heavy (non-hydrogen) atoms. The zero-order chi connectivity index (χ0) is 80.5. The lowest BCUT2D eigenvalue weighted by Crippen LogP contribution is -2.65. The van der Waals surface area contributed by atoms with Crippen LogP contribution in [0.25, 0.3) is 16.2 Å². The van der Waals surface area contributed by atoms with Gasteiger partial charge in [0.15, 0.2) is 18.7 Å². The van der Waals surface area contributed by atoms with Crippen molar-refractivity contribution in [3.05, 3.63) is 62.3 Å². The van der Waals surface area contributed by atoms with Gasteiger partial charge in [-0.25, -0.2) is 34.5 Å². The first-order chi connectivity index (χ1) is 50.9. The Morgan fingerprint density at radius 1 is 0.796 bits per heavy atom. The van der Waals surface area contributed by atoms with Crippen molar-refractivity contribution in [2.45, 2.75) is 163 Å². The number of aromatic nitrogens is 6. The van der Waals surface area contributed by atoms with Gasteiger partial charge in [0.2, 0.25) is 29.5 Å². The van der Waals surface area contributed by atoms with Gasteiger partial charge in [-0.2, -0.15) is 4.79 Å². The average Bonchev–Trinajstić information content (AvgIpc) is 0.838. The molecule has 0 saturated carbocycles. The predicted octanol–water partition coefficient (Wildman–Crippen LogP) is -9.46. The first kappa shape index (κ1) is 89.6. The van der Waals surface area contributed by atoms with Crippen LogP contribution in [0.3, 0.4) is 0 Å². The van der Waals surface area contributed by atoms with Gasteiger partial charge >= 0.3 is 24.2 Å². The molecule has 0 radical (unpaired) electrons. The molecule has 2 saturated heterocycles. The number of nitrogens with one attached hydrogen (secondary N) is 7. The normalized spacial score (nSPS) is 22.6. The highest BCUT2D eigenvalue weighted by atomic mass is 32.2. The van der Waals surface area contributed by atoms with E-state index in [2.05, 4.69) is 83.8 Å². The van der Waals surface area contributed by atoms with E-state index in [0.717, 1.165) is 24.7 Å². The lowest BCUT2D eigenvalue weighted by molar-refractivity contribution is -0.372. The van der Waals surface area contributed by atoms with E-state index in [1.54, 1.807) is 10.8 Å². The molecule has 4 aromatic rings. The molecule has 6 heterocycles. The summed E-state index contributed by atoms with van der Waals surface area (Å²) in [6.45, 7) is 2.72. The molecule has 8 amide bonds. The Morgan fingerprint density at radius 3 is 2.07 bits per heavy atom. The molecule has 0 aromatic carbocycles. The van der Waals surface area contributed by atoms with Crippen molar-refractivity contribution in [3.8, 4) is 10.7 Å². The summed E-state index contributed by atoms with van der Waals surface area (Å²) in [6, 6.07) is -9.11. The predicted molar refractivity (Wildman–Crippen MR) is 375 cm³/mol. The van der Waals surface area contributed by atoms with Crippen LogP contribution in [0.1, 0.15) is 88.8 Å². The van der Waals surface area contributed by atoms with E-state index >= 15 is 4.79 Å². The molecule has 0 aliphatic carbocycles. The molecule has 48 heteroatoms. The Labute approximate surface area is 625 Å². The van der Waals surface area contributed by atoms with Crippen LogP contribution in [-0.2, 0) is 79.3 Å². The van der Waals surface area contributed by atoms with Crippen molar-refractivity contribution in [1.29, 1.82) is 0 Å². The number of esters is 1. The number of ether oxygens (including phenoxy) is 6. The second-order valence-electron chi connectivity index (χ2n) is 24.6. The Morgan fingerprint density at radius 2 is 1.47 bits per heavy atom. The van der Waals surface area contributed by atoms with Crippen molar-refractivity contribution in [1.82, 2.24) is 61.8 Å². The number of aromatic amines is 1. The number of nitrogens with zero attached hydrogens (tertiary/aromatic N) is 7. The van der Waals surface area contributed by atoms with Gasteiger partial charge < -0.3 is 151 Å². The van der Waals surface area contributed by atoms with Crippen LogP contribution in [0.5, 0.6) is 0 Å². The number of aliphatic carboxylic acids is 1. The zero-order valence-corrected chi connectivity index (χ0v) is 61.3. The third kappa shape index (κ3) is 25.8. The lowest BCUT2D eigenvalue weighted by atomic mass is 9.96. The maximum Gasteiger partial charge on any atom is 0.413 e. The molecule has 2 aliphatic rings. The van der Waals surface area contributed by atoms with E-state index in [1.165, 1.54) is 50.4 Å². The summed E-state index contributed by atoms with van der Waals surface area (Å²) in [5, 5.41) is 116. The van der Waals surface area contributed by atoms with Gasteiger partial charge in [-0.05, 0) is 31.7 Å². The monoisotopic (exact) mass is 1590 g/mol. The van der Waals surface area contributed by atoms with Crippen LogP contribution in [0, 0.1) is 12.8 Å². The fourth-order valence-electron chi connectivity index (χ4n) is 10.1. The summed E-state index contributed by atoms with van der Waals surface area (Å²) in [5.41, 5.74) is 40.9. The summed E-state index contributed by atoms with van der Waals surface area (Å²) in [7, 11) is 0.254. The first-order valence-electron chi connectivity index (χ1n) is 32.7. The van der Waals surface area contributed by atoms with Gasteiger partial charge in [0, 0.05) is 55.2 Å². The molecular weight excluding hydrogens is 1500 g/mol. The number of nitrogen functional groups attached to an aromatic ring is 1. The summed E-state index contributed by atoms with van der Waals surface area (Å²) in [4.78, 5) is 153. The van der Waals surface area contributed by atoms with Crippen molar-refractivity contribution in [2.24, 2.45) is 34.6 Å². The van der Waals surface area contributed by atoms with Gasteiger partial charge in [-0.15, -0.1) is 22.7 Å². The number of nitrogens with two attached hydrogens (primary N) is 6. The molecule has 598 valence electrons. The zero-order valence-electron chi connectivity index (χ0n) is 58.9. The fourth-order valence-corrected chi connectivity index (χ4v) is 12.5. The number of thiazole rings is 2. The van der Waals surface area contributed by atoms with Crippen molar-refractivity contribution in [3.63, 3.8) is 0 Å². The molecule has 4 aromatic heterocycles. The fraction of sp³-hybridized carbons (Fsp3) is 0.600. The summed E-state index contributed by atoms with van der Waals surface area (Å²) >= 11 is 2.52. The van der Waals surface area contributed by atoms with Crippen molar-refractivity contribution >= 4 is 105 Å². The molecule has 0 bridgehead atoms. The number of hydrogen-bond acceptors (Lipinski definition) is 35. The maximum absolute atomic E-state index is 15.2. The van der Waals surface area contributed by atoms with E-state index in [4.69, 9.17) is 68.7 Å². The molecule has 0 spiro atoms. The number of carboxylic acids is 1. The summed E-state index contributed by atoms with van der Waals surface area (Å²) in [5.74, 6) is -9.91. The molecule has 2 fully saturated rings. The van der Waals surface area contributed by atoms with Crippen LogP contribution >= 0.6 is 22.7 Å². The standard InChI is InChI=1S/C55H83N17O21S3.C5H7N3O4/c1-20-33(69-46(72-44(20)58)25(12-31(57)76)64-13-24(56)45(59)82)50(86)71-35(41(26-14-61-19-65-26)91-54-43(39(80)37(78)29(15-73)90-54)92-53-40(81)42(93-55(60)88)38(79)30(16-74)89-53)51(87)66-22(3)36(77)21(2)47(83)70-34(23(4)75)49(85)63-10-8-32-67-28(18-94-32)52-68-27(17-95-52)48(84)62-9-7-11-96(5)6;6-3(5(10)11)2-12-4(9)1-8-7/h14,17-19,21-25,29-30,34-43,53-54,64,73-75,77-81H,7-13,15-16,56H2,1-6H3,(H13-,57,58,59,60,61,62,63,65,66,69,70,71,72,76,82,83,84,85,86,87,88);1,3H,2,6H2,(H,10,11)/p+1/t21-,22+,23+,24-,25-,29-,30-,34-,35-,36-,37-,38-,39+,40-,41-,42+,43-,53-,54-;3-/m00/s1. The Hall–Kier alpha value is -9.02. The summed E-state index contributed by atoms with van der Waals surface area (Å²) in [6.07, 6.45) is -19.5. The van der Waals surface area contributed by atoms with Gasteiger partial charge in [-0.3, -0.25) is 38.4 Å². The van der Waals surface area contributed by atoms with Gasteiger partial charge in [-0.1, -0.05) is 6.92 Å². The highest BCUT2D eigenvalue weighted by Gasteiger charge is 2.54.